The number of aryl methyl sites for hydroxylation is 2. The first kappa shape index (κ1) is 20.6. The molecule has 0 radical (unpaired) electrons. The number of nitrogens with zero attached hydrogens (tertiary/aromatic N) is 4. The van der Waals surface area contributed by atoms with E-state index in [0.29, 0.717) is 29.2 Å². The van der Waals surface area contributed by atoms with Crippen LogP contribution in [0.25, 0.3) is 12.0 Å². The summed E-state index contributed by atoms with van der Waals surface area (Å²) in [5, 5.41) is 17.7. The molecule has 154 valence electrons. The first-order valence-corrected chi connectivity index (χ1v) is 9.26. The Hall–Kier alpha value is -4.08. The second-order valence-corrected chi connectivity index (χ2v) is 6.56. The fourth-order valence-corrected chi connectivity index (χ4v) is 2.78. The third-order valence-electron chi connectivity index (χ3n) is 4.10. The molecule has 0 aliphatic heterocycles. The molecule has 2 heterocycles. The third kappa shape index (κ3) is 5.04. The molecule has 0 fully saturated rings. The number of nitro benzene ring substituents is 1. The van der Waals surface area contributed by atoms with Crippen LogP contribution in [-0.4, -0.2) is 30.6 Å². The number of rotatable bonds is 7. The number of carbonyl (C=O) groups excluding carboxylic acids is 1. The van der Waals surface area contributed by atoms with Gasteiger partial charge in [0.25, 0.3) is 11.2 Å². The molecular weight excluding hydrogens is 388 g/mol. The highest BCUT2D eigenvalue weighted by Crippen LogP contribution is 2.15. The average Bonchev–Trinajstić information content (AvgIpc) is 3.06. The van der Waals surface area contributed by atoms with Gasteiger partial charge in [-0.05, 0) is 37.1 Å². The molecule has 0 unspecified atom stereocenters. The van der Waals surface area contributed by atoms with Crippen LogP contribution in [0.4, 0.5) is 11.5 Å². The lowest BCUT2D eigenvalue weighted by molar-refractivity contribution is -0.384. The molecule has 2 aromatic heterocycles. The molecule has 1 amide bonds. The molecule has 0 bridgehead atoms. The van der Waals surface area contributed by atoms with E-state index in [1.807, 2.05) is 6.92 Å². The van der Waals surface area contributed by atoms with Crippen molar-refractivity contribution in [1.29, 1.82) is 0 Å². The number of nitro groups is 1. The third-order valence-corrected chi connectivity index (χ3v) is 4.10. The van der Waals surface area contributed by atoms with Crippen LogP contribution in [0.3, 0.4) is 0 Å². The molecule has 0 atom stereocenters. The van der Waals surface area contributed by atoms with Gasteiger partial charge in [-0.3, -0.25) is 24.7 Å². The summed E-state index contributed by atoms with van der Waals surface area (Å²) in [6.45, 7) is 3.75. The highest BCUT2D eigenvalue weighted by atomic mass is 16.6. The normalized spacial score (nSPS) is 11.0. The smallest absolute Gasteiger partial charge is 0.269 e. The van der Waals surface area contributed by atoms with Crippen molar-refractivity contribution in [3.8, 4) is 5.95 Å². The number of aromatic nitrogens is 4. The fourth-order valence-electron chi connectivity index (χ4n) is 2.78. The van der Waals surface area contributed by atoms with Crippen LogP contribution in [0, 0.1) is 17.0 Å². The van der Waals surface area contributed by atoms with Gasteiger partial charge in [-0.15, -0.1) is 0 Å². The fraction of sp³-hybridized carbons (Fsp3) is 0.200. The lowest BCUT2D eigenvalue weighted by atomic mass is 10.2. The van der Waals surface area contributed by atoms with Crippen molar-refractivity contribution in [3.05, 3.63) is 79.9 Å². The maximum absolute atomic E-state index is 12.4. The summed E-state index contributed by atoms with van der Waals surface area (Å²) in [5.74, 6) is 0.137. The number of aromatic amines is 1. The second-order valence-electron chi connectivity index (χ2n) is 6.56. The van der Waals surface area contributed by atoms with Crippen molar-refractivity contribution in [1.82, 2.24) is 19.7 Å². The van der Waals surface area contributed by atoms with E-state index >= 15 is 0 Å². The van der Waals surface area contributed by atoms with Crippen LogP contribution < -0.4 is 10.9 Å². The Balaban J connectivity index is 1.80. The van der Waals surface area contributed by atoms with E-state index in [0.717, 1.165) is 6.42 Å². The number of hydrogen-bond acceptors (Lipinski definition) is 6. The molecule has 0 spiro atoms. The molecule has 0 aliphatic carbocycles. The van der Waals surface area contributed by atoms with E-state index in [-0.39, 0.29) is 17.2 Å². The van der Waals surface area contributed by atoms with Crippen molar-refractivity contribution < 1.29 is 9.72 Å². The molecule has 3 aromatic rings. The number of non-ortho nitro benzene ring substituents is 1. The Morgan fingerprint density at radius 2 is 2.03 bits per heavy atom. The average molecular weight is 408 g/mol. The van der Waals surface area contributed by atoms with Crippen LogP contribution >= 0.6 is 0 Å². The van der Waals surface area contributed by atoms with E-state index in [4.69, 9.17) is 0 Å². The number of carbonyl (C=O) groups is 1. The molecule has 2 N–H and O–H groups in total. The van der Waals surface area contributed by atoms with Crippen molar-refractivity contribution in [2.45, 2.75) is 26.7 Å². The number of nitrogens with one attached hydrogen (secondary N) is 2. The van der Waals surface area contributed by atoms with E-state index in [2.05, 4.69) is 20.4 Å². The van der Waals surface area contributed by atoms with Crippen molar-refractivity contribution >= 4 is 23.5 Å². The minimum Gasteiger partial charge on any atom is -0.307 e. The largest absolute Gasteiger partial charge is 0.307 e. The summed E-state index contributed by atoms with van der Waals surface area (Å²) in [6.07, 6.45) is 4.33. The van der Waals surface area contributed by atoms with Gasteiger partial charge >= 0.3 is 0 Å². The molecular formula is C20H20N6O4. The summed E-state index contributed by atoms with van der Waals surface area (Å²) in [7, 11) is 0. The van der Waals surface area contributed by atoms with Gasteiger partial charge in [0.1, 0.15) is 5.82 Å². The number of hydrogen-bond donors (Lipinski definition) is 2. The van der Waals surface area contributed by atoms with Crippen LogP contribution in [0.15, 0.2) is 47.3 Å². The van der Waals surface area contributed by atoms with Crippen LogP contribution in [-0.2, 0) is 11.2 Å². The topological polar surface area (TPSA) is 136 Å². The Morgan fingerprint density at radius 3 is 2.70 bits per heavy atom. The molecule has 1 aromatic carbocycles. The van der Waals surface area contributed by atoms with Crippen LogP contribution in [0.1, 0.15) is 30.3 Å². The van der Waals surface area contributed by atoms with Gasteiger partial charge in [0.05, 0.1) is 10.6 Å². The van der Waals surface area contributed by atoms with E-state index in [1.54, 1.807) is 25.1 Å². The molecule has 30 heavy (non-hydrogen) atoms. The maximum Gasteiger partial charge on any atom is 0.269 e. The predicted molar refractivity (Wildman–Crippen MR) is 111 cm³/mol. The Morgan fingerprint density at radius 1 is 1.30 bits per heavy atom. The van der Waals surface area contributed by atoms with Crippen molar-refractivity contribution in [3.63, 3.8) is 0 Å². The Bertz CT molecular complexity index is 1160. The lowest BCUT2D eigenvalue weighted by Crippen LogP contribution is -2.18. The Labute approximate surface area is 171 Å². The zero-order valence-corrected chi connectivity index (χ0v) is 16.5. The van der Waals surface area contributed by atoms with Gasteiger partial charge in [-0.1, -0.05) is 13.3 Å². The monoisotopic (exact) mass is 408 g/mol. The minimum absolute atomic E-state index is 0.0252. The second kappa shape index (κ2) is 8.95. The van der Waals surface area contributed by atoms with Gasteiger partial charge in [0.2, 0.25) is 11.9 Å². The molecule has 10 nitrogen and oxygen atoms in total. The SMILES string of the molecule is CCCc1cc(=O)[nH]c(-n2nc(C)cc2NC(=O)/C=C/c2ccc([N+](=O)[O-])cc2)n1. The summed E-state index contributed by atoms with van der Waals surface area (Å²) in [5.41, 5.74) is 1.58. The maximum atomic E-state index is 12.4. The molecule has 0 aliphatic rings. The summed E-state index contributed by atoms with van der Waals surface area (Å²) in [4.78, 5) is 41.6. The summed E-state index contributed by atoms with van der Waals surface area (Å²) < 4.78 is 1.37. The van der Waals surface area contributed by atoms with Crippen molar-refractivity contribution in [2.75, 3.05) is 5.32 Å². The van der Waals surface area contributed by atoms with Crippen molar-refractivity contribution in [2.24, 2.45) is 0 Å². The standard InChI is InChI=1S/C20H20N6O4/c1-3-4-15-12-19(28)23-20(21-15)25-17(11-13(2)24-25)22-18(27)10-7-14-5-8-16(9-6-14)26(29)30/h5-12H,3-4H2,1-2H3,(H,22,27)(H,21,23,28)/b10-7+. The first-order valence-electron chi connectivity index (χ1n) is 9.26. The van der Waals surface area contributed by atoms with E-state index in [1.165, 1.54) is 35.0 Å². The van der Waals surface area contributed by atoms with Gasteiger partial charge < -0.3 is 5.32 Å². The number of anilines is 1. The zero-order chi connectivity index (χ0) is 21.7. The zero-order valence-electron chi connectivity index (χ0n) is 16.5. The van der Waals surface area contributed by atoms with Gasteiger partial charge in [-0.25, -0.2) is 4.98 Å². The number of amides is 1. The van der Waals surface area contributed by atoms with Crippen LogP contribution in [0.2, 0.25) is 0 Å². The predicted octanol–water partition coefficient (Wildman–Crippen LogP) is 2.78. The summed E-state index contributed by atoms with van der Waals surface area (Å²) in [6, 6.07) is 8.91. The van der Waals surface area contributed by atoms with E-state index in [9.17, 15) is 19.7 Å². The molecule has 0 saturated carbocycles. The quantitative estimate of drug-likeness (QED) is 0.350. The van der Waals surface area contributed by atoms with Gasteiger partial charge in [-0.2, -0.15) is 9.78 Å². The highest BCUT2D eigenvalue weighted by Gasteiger charge is 2.13. The summed E-state index contributed by atoms with van der Waals surface area (Å²) >= 11 is 0. The number of H-pyrrole nitrogens is 1. The van der Waals surface area contributed by atoms with Gasteiger partial charge in [0, 0.05) is 36.0 Å². The molecule has 3 rings (SSSR count). The minimum atomic E-state index is -0.489. The van der Waals surface area contributed by atoms with Gasteiger partial charge in [0.15, 0.2) is 0 Å². The Kier molecular flexibility index (Phi) is 6.16. The lowest BCUT2D eigenvalue weighted by Gasteiger charge is -2.08. The molecule has 10 heteroatoms. The first-order chi connectivity index (χ1) is 14.4. The van der Waals surface area contributed by atoms with E-state index < -0.39 is 10.8 Å². The highest BCUT2D eigenvalue weighted by molar-refractivity contribution is 6.01. The van der Waals surface area contributed by atoms with Crippen LogP contribution in [0.5, 0.6) is 0 Å². The molecule has 0 saturated heterocycles. The number of benzene rings is 1.